The molecule has 27 heavy (non-hydrogen) atoms. The van der Waals surface area contributed by atoms with Crippen LogP contribution in [-0.4, -0.2) is 29.1 Å². The number of ketones is 3. The molecule has 3 aliphatic rings. The summed E-state index contributed by atoms with van der Waals surface area (Å²) in [5, 5.41) is 0. The summed E-state index contributed by atoms with van der Waals surface area (Å²) < 4.78 is 5.97. The van der Waals surface area contributed by atoms with Gasteiger partial charge in [-0.3, -0.25) is 14.4 Å². The third-order valence-corrected chi connectivity index (χ3v) is 5.89. The maximum absolute atomic E-state index is 13.4. The number of fused-ring (bicyclic) bond motifs is 2. The van der Waals surface area contributed by atoms with Gasteiger partial charge in [-0.1, -0.05) is 67.4 Å². The predicted molar refractivity (Wildman–Crippen MR) is 99.0 cm³/mol. The van der Waals surface area contributed by atoms with Crippen LogP contribution in [0.4, 0.5) is 0 Å². The molecule has 1 saturated carbocycles. The van der Waals surface area contributed by atoms with Gasteiger partial charge in [-0.15, -0.1) is 0 Å². The molecule has 2 fully saturated rings. The van der Waals surface area contributed by atoms with Crippen LogP contribution in [0.2, 0.25) is 0 Å². The van der Waals surface area contributed by atoms with Gasteiger partial charge in [0.05, 0.1) is 11.7 Å². The zero-order chi connectivity index (χ0) is 18.6. The van der Waals surface area contributed by atoms with E-state index < -0.39 is 11.4 Å². The van der Waals surface area contributed by atoms with Crippen molar-refractivity contribution in [2.24, 2.45) is 0 Å². The summed E-state index contributed by atoms with van der Waals surface area (Å²) in [5.41, 5.74) is 0.596. The van der Waals surface area contributed by atoms with Crippen molar-refractivity contribution in [2.45, 2.75) is 37.4 Å². The fraction of sp³-hybridized carbons (Fsp3) is 0.261. The van der Waals surface area contributed by atoms with Crippen LogP contribution >= 0.6 is 0 Å². The van der Waals surface area contributed by atoms with Crippen LogP contribution in [0.1, 0.15) is 56.8 Å². The summed E-state index contributed by atoms with van der Waals surface area (Å²) in [6, 6.07) is 15.4. The minimum Gasteiger partial charge on any atom is -0.361 e. The molecule has 2 atom stereocenters. The van der Waals surface area contributed by atoms with Crippen molar-refractivity contribution in [3.63, 3.8) is 0 Å². The Bertz CT molecular complexity index is 1020. The van der Waals surface area contributed by atoms with E-state index in [1.54, 1.807) is 48.5 Å². The Kier molecular flexibility index (Phi) is 3.52. The second-order valence-corrected chi connectivity index (χ2v) is 7.39. The van der Waals surface area contributed by atoms with Gasteiger partial charge in [-0.05, 0) is 12.8 Å². The standard InChI is InChI=1S/C23H18O4/c24-20(14-8-2-1-3-9-14)18-19(23-13-7-6-12-17(23)27-23)22(26)16-11-5-4-10-15(16)21(18)25/h1-5,8-11,17H,6-7,12-13H2. The van der Waals surface area contributed by atoms with Crippen LogP contribution in [0.5, 0.6) is 0 Å². The molecule has 134 valence electrons. The highest BCUT2D eigenvalue weighted by Crippen LogP contribution is 2.55. The molecule has 0 N–H and O–H groups in total. The number of benzene rings is 2. The summed E-state index contributed by atoms with van der Waals surface area (Å²) in [6.45, 7) is 0. The molecule has 1 aliphatic heterocycles. The molecule has 5 rings (SSSR count). The van der Waals surface area contributed by atoms with Gasteiger partial charge in [-0.2, -0.15) is 0 Å². The van der Waals surface area contributed by atoms with E-state index in [1.165, 1.54) is 0 Å². The van der Waals surface area contributed by atoms with Crippen LogP contribution in [0.15, 0.2) is 65.7 Å². The van der Waals surface area contributed by atoms with Crippen molar-refractivity contribution in [2.75, 3.05) is 0 Å². The van der Waals surface area contributed by atoms with Crippen molar-refractivity contribution >= 4 is 17.3 Å². The van der Waals surface area contributed by atoms with Gasteiger partial charge in [0.2, 0.25) is 0 Å². The first-order valence-electron chi connectivity index (χ1n) is 9.34. The first kappa shape index (κ1) is 16.3. The number of allylic oxidation sites excluding steroid dienone is 1. The minimum absolute atomic E-state index is 0.00528. The lowest BCUT2D eigenvalue weighted by molar-refractivity contribution is 0.0913. The third kappa shape index (κ3) is 2.30. The van der Waals surface area contributed by atoms with Crippen LogP contribution in [0, 0.1) is 0 Å². The third-order valence-electron chi connectivity index (χ3n) is 5.89. The largest absolute Gasteiger partial charge is 0.361 e. The highest BCUT2D eigenvalue weighted by Gasteiger charge is 2.63. The van der Waals surface area contributed by atoms with Crippen LogP contribution in [0.25, 0.3) is 0 Å². The lowest BCUT2D eigenvalue weighted by atomic mass is 9.72. The van der Waals surface area contributed by atoms with E-state index in [-0.39, 0.29) is 28.8 Å². The summed E-state index contributed by atoms with van der Waals surface area (Å²) in [7, 11) is 0. The summed E-state index contributed by atoms with van der Waals surface area (Å²) in [4.78, 5) is 40.0. The van der Waals surface area contributed by atoms with Crippen molar-refractivity contribution in [3.8, 4) is 0 Å². The second-order valence-electron chi connectivity index (χ2n) is 7.39. The van der Waals surface area contributed by atoms with Crippen LogP contribution in [0.3, 0.4) is 0 Å². The number of carbonyl (C=O) groups is 3. The fourth-order valence-corrected chi connectivity index (χ4v) is 4.52. The van der Waals surface area contributed by atoms with Gasteiger partial charge in [0.15, 0.2) is 17.3 Å². The van der Waals surface area contributed by atoms with Crippen molar-refractivity contribution in [1.29, 1.82) is 0 Å². The molecule has 1 heterocycles. The summed E-state index contributed by atoms with van der Waals surface area (Å²) >= 11 is 0. The van der Waals surface area contributed by atoms with E-state index in [2.05, 4.69) is 0 Å². The number of Topliss-reactive ketones (excluding diaryl/α,β-unsaturated/α-hetero) is 3. The molecule has 1 saturated heterocycles. The Hall–Kier alpha value is -2.85. The van der Waals surface area contributed by atoms with Gasteiger partial charge in [0, 0.05) is 22.3 Å². The van der Waals surface area contributed by atoms with Crippen molar-refractivity contribution in [3.05, 3.63) is 82.4 Å². The number of ether oxygens (including phenoxy) is 1. The Morgan fingerprint density at radius 3 is 2.26 bits per heavy atom. The van der Waals surface area contributed by atoms with Gasteiger partial charge >= 0.3 is 0 Å². The molecule has 0 spiro atoms. The first-order valence-corrected chi connectivity index (χ1v) is 9.34. The van der Waals surface area contributed by atoms with Gasteiger partial charge < -0.3 is 4.74 Å². The molecular weight excluding hydrogens is 340 g/mol. The zero-order valence-electron chi connectivity index (χ0n) is 14.7. The molecular formula is C23H18O4. The topological polar surface area (TPSA) is 63.7 Å². The van der Waals surface area contributed by atoms with E-state index in [4.69, 9.17) is 4.74 Å². The lowest BCUT2D eigenvalue weighted by Crippen LogP contribution is -2.36. The van der Waals surface area contributed by atoms with E-state index in [9.17, 15) is 14.4 Å². The lowest BCUT2D eigenvalue weighted by Gasteiger charge is -2.26. The number of carbonyl (C=O) groups excluding carboxylic acids is 3. The smallest absolute Gasteiger partial charge is 0.198 e. The fourth-order valence-electron chi connectivity index (χ4n) is 4.52. The first-order chi connectivity index (χ1) is 13.1. The highest BCUT2D eigenvalue weighted by molar-refractivity contribution is 6.39. The molecule has 2 aliphatic carbocycles. The molecule has 0 bridgehead atoms. The maximum Gasteiger partial charge on any atom is 0.198 e. The maximum atomic E-state index is 13.4. The van der Waals surface area contributed by atoms with Gasteiger partial charge in [0.25, 0.3) is 0 Å². The van der Waals surface area contributed by atoms with Crippen molar-refractivity contribution in [1.82, 2.24) is 0 Å². The molecule has 0 amide bonds. The summed E-state index contributed by atoms with van der Waals surface area (Å²) in [6.07, 6.45) is 3.44. The van der Waals surface area contributed by atoms with E-state index >= 15 is 0 Å². The van der Waals surface area contributed by atoms with E-state index in [1.807, 2.05) is 6.07 Å². The Morgan fingerprint density at radius 2 is 1.56 bits per heavy atom. The number of hydrogen-bond acceptors (Lipinski definition) is 4. The SMILES string of the molecule is O=C(C1=C(C23CCCCC2O3)C(=O)c2ccccc2C1=O)c1ccccc1. The Balaban J connectivity index is 1.74. The molecule has 2 unspecified atom stereocenters. The number of rotatable bonds is 3. The molecule has 4 nitrogen and oxygen atoms in total. The Labute approximate surface area is 156 Å². The summed E-state index contributed by atoms with van der Waals surface area (Å²) in [5.74, 6) is -1.01. The average molecular weight is 358 g/mol. The molecule has 0 radical (unpaired) electrons. The van der Waals surface area contributed by atoms with E-state index in [0.717, 1.165) is 19.3 Å². The Morgan fingerprint density at radius 1 is 0.889 bits per heavy atom. The van der Waals surface area contributed by atoms with Crippen LogP contribution < -0.4 is 0 Å². The molecule has 2 aromatic carbocycles. The number of hydrogen-bond donors (Lipinski definition) is 0. The van der Waals surface area contributed by atoms with Gasteiger partial charge in [-0.25, -0.2) is 0 Å². The molecule has 0 aromatic heterocycles. The van der Waals surface area contributed by atoms with Gasteiger partial charge in [0.1, 0.15) is 5.60 Å². The number of epoxide rings is 1. The quantitative estimate of drug-likeness (QED) is 0.473. The normalized spacial score (nSPS) is 26.4. The average Bonchev–Trinajstić information content (AvgIpc) is 3.46. The van der Waals surface area contributed by atoms with Crippen LogP contribution in [-0.2, 0) is 4.74 Å². The second kappa shape index (κ2) is 5.83. The predicted octanol–water partition coefficient (Wildman–Crippen LogP) is 3.96. The zero-order valence-corrected chi connectivity index (χ0v) is 14.7. The minimum atomic E-state index is -0.766. The molecule has 2 aromatic rings. The van der Waals surface area contributed by atoms with E-state index in [0.29, 0.717) is 23.1 Å². The molecule has 4 heteroatoms. The monoisotopic (exact) mass is 358 g/mol. The highest BCUT2D eigenvalue weighted by atomic mass is 16.6. The van der Waals surface area contributed by atoms with Crippen molar-refractivity contribution < 1.29 is 19.1 Å².